The second kappa shape index (κ2) is 5.77. The van der Waals surface area contributed by atoms with Gasteiger partial charge in [-0.1, -0.05) is 0 Å². The summed E-state index contributed by atoms with van der Waals surface area (Å²) in [6.45, 7) is 2.79. The normalized spacial score (nSPS) is 22.1. The molecule has 1 saturated heterocycles. The zero-order chi connectivity index (χ0) is 14.0. The maximum Gasteiger partial charge on any atom is 0.323 e. The Balaban J connectivity index is 1.90. The minimum absolute atomic E-state index is 0.109. The van der Waals surface area contributed by atoms with E-state index in [1.54, 1.807) is 11.8 Å². The summed E-state index contributed by atoms with van der Waals surface area (Å²) in [6.07, 6.45) is 3.05. The molecule has 1 atom stereocenters. The zero-order valence-electron chi connectivity index (χ0n) is 11.3. The molecule has 0 aromatic heterocycles. The van der Waals surface area contributed by atoms with Gasteiger partial charge in [0.1, 0.15) is 6.54 Å². The van der Waals surface area contributed by atoms with Crippen LogP contribution in [0.2, 0.25) is 0 Å². The molecule has 0 bridgehead atoms. The fourth-order valence-corrected chi connectivity index (χ4v) is 2.64. The van der Waals surface area contributed by atoms with Gasteiger partial charge in [-0.25, -0.2) is 4.79 Å². The van der Waals surface area contributed by atoms with E-state index >= 15 is 0 Å². The molecule has 0 aromatic rings. The summed E-state index contributed by atoms with van der Waals surface area (Å²) < 4.78 is 0. The van der Waals surface area contributed by atoms with E-state index in [4.69, 9.17) is 5.11 Å². The molecule has 1 saturated carbocycles. The molecule has 2 aliphatic rings. The molecule has 2 amide bonds. The number of aliphatic hydroxyl groups excluding tert-OH is 1. The van der Waals surface area contributed by atoms with Gasteiger partial charge < -0.3 is 20.0 Å². The number of carbonyl (C=O) groups is 2. The van der Waals surface area contributed by atoms with Crippen LogP contribution in [-0.2, 0) is 4.79 Å². The minimum Gasteiger partial charge on any atom is -0.480 e. The first kappa shape index (κ1) is 14.1. The largest absolute Gasteiger partial charge is 0.480 e. The Morgan fingerprint density at radius 2 is 1.84 bits per heavy atom. The fraction of sp³-hybridized carbons (Fsp3) is 0.846. The lowest BCUT2D eigenvalue weighted by Gasteiger charge is -2.36. The van der Waals surface area contributed by atoms with Crippen LogP contribution in [0.5, 0.6) is 0 Å². The second-order valence-electron chi connectivity index (χ2n) is 5.60. The van der Waals surface area contributed by atoms with Gasteiger partial charge in [-0.2, -0.15) is 0 Å². The average molecular weight is 270 g/mol. The number of urea groups is 1. The Morgan fingerprint density at radius 1 is 1.26 bits per heavy atom. The van der Waals surface area contributed by atoms with Crippen molar-refractivity contribution in [3.63, 3.8) is 0 Å². The summed E-state index contributed by atoms with van der Waals surface area (Å²) in [4.78, 5) is 26.3. The van der Waals surface area contributed by atoms with Crippen LogP contribution in [0.1, 0.15) is 32.6 Å². The van der Waals surface area contributed by atoms with Gasteiger partial charge in [0.15, 0.2) is 0 Å². The Labute approximate surface area is 113 Å². The van der Waals surface area contributed by atoms with Crippen molar-refractivity contribution < 1.29 is 19.8 Å². The van der Waals surface area contributed by atoms with E-state index in [0.29, 0.717) is 13.1 Å². The van der Waals surface area contributed by atoms with E-state index in [-0.39, 0.29) is 30.6 Å². The van der Waals surface area contributed by atoms with Crippen LogP contribution < -0.4 is 0 Å². The van der Waals surface area contributed by atoms with Crippen LogP contribution in [0.4, 0.5) is 4.79 Å². The quantitative estimate of drug-likeness (QED) is 0.790. The molecule has 6 nitrogen and oxygen atoms in total. The fourth-order valence-electron chi connectivity index (χ4n) is 2.64. The zero-order valence-corrected chi connectivity index (χ0v) is 11.3. The number of carbonyl (C=O) groups excluding carboxylic acids is 1. The van der Waals surface area contributed by atoms with Crippen LogP contribution >= 0.6 is 0 Å². The first-order chi connectivity index (χ1) is 8.99. The van der Waals surface area contributed by atoms with Crippen molar-refractivity contribution in [3.8, 4) is 0 Å². The van der Waals surface area contributed by atoms with Crippen LogP contribution in [0.25, 0.3) is 0 Å². The molecule has 19 heavy (non-hydrogen) atoms. The molecule has 1 unspecified atom stereocenters. The second-order valence-corrected chi connectivity index (χ2v) is 5.60. The smallest absolute Gasteiger partial charge is 0.323 e. The summed E-state index contributed by atoms with van der Waals surface area (Å²) in [7, 11) is 0. The molecule has 1 aliphatic carbocycles. The molecular formula is C13H22N2O4. The van der Waals surface area contributed by atoms with Crippen LogP contribution in [0.15, 0.2) is 0 Å². The van der Waals surface area contributed by atoms with Crippen molar-refractivity contribution in [2.45, 2.75) is 44.8 Å². The summed E-state index contributed by atoms with van der Waals surface area (Å²) in [5.74, 6) is -0.711. The third kappa shape index (κ3) is 3.59. The van der Waals surface area contributed by atoms with Gasteiger partial charge in [-0.05, 0) is 38.5 Å². The molecule has 6 heteroatoms. The lowest BCUT2D eigenvalue weighted by atomic mass is 9.92. The van der Waals surface area contributed by atoms with Crippen molar-refractivity contribution in [2.75, 3.05) is 19.6 Å². The van der Waals surface area contributed by atoms with Crippen molar-refractivity contribution in [1.29, 1.82) is 0 Å². The van der Waals surface area contributed by atoms with E-state index < -0.39 is 5.97 Å². The van der Waals surface area contributed by atoms with E-state index in [1.807, 2.05) is 0 Å². The predicted octanol–water partition coefficient (Wildman–Crippen LogP) is 0.748. The number of carboxylic acids is 1. The highest BCUT2D eigenvalue weighted by molar-refractivity contribution is 5.80. The summed E-state index contributed by atoms with van der Waals surface area (Å²) in [6, 6.07) is -0.0490. The first-order valence-electron chi connectivity index (χ1n) is 6.94. The highest BCUT2D eigenvalue weighted by Crippen LogP contribution is 2.29. The number of nitrogens with zero attached hydrogens (tertiary/aromatic N) is 2. The van der Waals surface area contributed by atoms with Crippen molar-refractivity contribution in [2.24, 2.45) is 5.92 Å². The summed E-state index contributed by atoms with van der Waals surface area (Å²) in [5, 5.41) is 18.4. The van der Waals surface area contributed by atoms with Gasteiger partial charge in [0.25, 0.3) is 0 Å². The van der Waals surface area contributed by atoms with E-state index in [1.165, 1.54) is 4.90 Å². The number of amides is 2. The maximum atomic E-state index is 12.3. The third-order valence-electron chi connectivity index (χ3n) is 4.03. The number of aliphatic carboxylic acids is 1. The number of aliphatic hydroxyl groups is 1. The lowest BCUT2D eigenvalue weighted by Crippen LogP contribution is -2.49. The van der Waals surface area contributed by atoms with E-state index in [9.17, 15) is 14.7 Å². The van der Waals surface area contributed by atoms with E-state index in [2.05, 4.69) is 0 Å². The monoisotopic (exact) mass is 270 g/mol. The third-order valence-corrected chi connectivity index (χ3v) is 4.03. The van der Waals surface area contributed by atoms with Gasteiger partial charge in [-0.15, -0.1) is 0 Å². The summed E-state index contributed by atoms with van der Waals surface area (Å²) in [5.41, 5.74) is 0. The number of likely N-dealkylation sites (tertiary alicyclic amines) is 1. The predicted molar refractivity (Wildman–Crippen MR) is 68.7 cm³/mol. The first-order valence-corrected chi connectivity index (χ1v) is 6.94. The molecule has 2 N–H and O–H groups in total. The van der Waals surface area contributed by atoms with Crippen molar-refractivity contribution in [1.82, 2.24) is 9.80 Å². The Hall–Kier alpha value is -1.30. The molecular weight excluding hydrogens is 248 g/mol. The average Bonchev–Trinajstić information content (AvgIpc) is 3.19. The lowest BCUT2D eigenvalue weighted by molar-refractivity contribution is -0.137. The number of hydrogen-bond acceptors (Lipinski definition) is 3. The SMILES string of the molecule is CC(O)C1CCN(C(=O)N(CC(=O)O)C2CC2)CC1. The molecule has 0 aromatic carbocycles. The Bertz CT molecular complexity index is 347. The Morgan fingerprint density at radius 3 is 2.26 bits per heavy atom. The van der Waals surface area contributed by atoms with Crippen LogP contribution in [-0.4, -0.2) is 63.8 Å². The molecule has 1 aliphatic heterocycles. The minimum atomic E-state index is -0.959. The van der Waals surface area contributed by atoms with Crippen LogP contribution in [0, 0.1) is 5.92 Å². The van der Waals surface area contributed by atoms with Gasteiger partial charge in [0.2, 0.25) is 0 Å². The molecule has 1 heterocycles. The van der Waals surface area contributed by atoms with Crippen LogP contribution in [0.3, 0.4) is 0 Å². The number of carboxylic acid groups (broad SMARTS) is 1. The van der Waals surface area contributed by atoms with Gasteiger partial charge in [0.05, 0.1) is 6.10 Å². The summed E-state index contributed by atoms with van der Waals surface area (Å²) >= 11 is 0. The molecule has 2 fully saturated rings. The molecule has 108 valence electrons. The molecule has 0 radical (unpaired) electrons. The van der Waals surface area contributed by atoms with Crippen molar-refractivity contribution >= 4 is 12.0 Å². The molecule has 2 rings (SSSR count). The van der Waals surface area contributed by atoms with E-state index in [0.717, 1.165) is 25.7 Å². The van der Waals surface area contributed by atoms with Gasteiger partial charge in [0, 0.05) is 19.1 Å². The maximum absolute atomic E-state index is 12.3. The highest BCUT2D eigenvalue weighted by atomic mass is 16.4. The standard InChI is InChI=1S/C13H22N2O4/c1-9(16)10-4-6-14(7-5-10)13(19)15(8-12(17)18)11-2-3-11/h9-11,16H,2-8H2,1H3,(H,17,18). The number of rotatable bonds is 4. The van der Waals surface area contributed by atoms with Gasteiger partial charge in [-0.3, -0.25) is 4.79 Å². The Kier molecular flexibility index (Phi) is 4.29. The highest BCUT2D eigenvalue weighted by Gasteiger charge is 2.37. The van der Waals surface area contributed by atoms with Crippen molar-refractivity contribution in [3.05, 3.63) is 0 Å². The number of piperidine rings is 1. The molecule has 0 spiro atoms. The van der Waals surface area contributed by atoms with Gasteiger partial charge >= 0.3 is 12.0 Å². The number of hydrogen-bond donors (Lipinski definition) is 2. The topological polar surface area (TPSA) is 81.1 Å².